The summed E-state index contributed by atoms with van der Waals surface area (Å²) in [5, 5.41) is 0. The summed E-state index contributed by atoms with van der Waals surface area (Å²) in [5.74, 6) is 0.278. The molecule has 6 heteroatoms. The number of rotatable bonds is 12. The number of hydrogen-bond donors (Lipinski definition) is 0. The molecule has 0 saturated heterocycles. The molecule has 0 N–H and O–H groups in total. The Bertz CT molecular complexity index is 1200. The maximum absolute atomic E-state index is 13.6. The van der Waals surface area contributed by atoms with Gasteiger partial charge in [-0.15, -0.1) is 0 Å². The van der Waals surface area contributed by atoms with Crippen LogP contribution in [0.3, 0.4) is 0 Å². The van der Waals surface area contributed by atoms with Crippen LogP contribution in [-0.4, -0.2) is 32.4 Å². The van der Waals surface area contributed by atoms with Gasteiger partial charge in [0, 0.05) is 13.0 Å². The standard InChI is InChI=1S/C31H41FN4O/c1-5-8-11-23-14-16-27(26(13-10-7-3)25(23)12-9-6-2)31(4)30-28(18-19-35(31)22-37)36(21-34-30)29-17-15-24(32)20-33-29/h14-17,20-22H,5-13,18-19H2,1-4H3. The first kappa shape index (κ1) is 27.0. The lowest BCUT2D eigenvalue weighted by atomic mass is 9.76. The molecule has 0 fully saturated rings. The average molecular weight is 505 g/mol. The van der Waals surface area contributed by atoms with E-state index in [1.54, 1.807) is 12.4 Å². The number of nitrogens with zero attached hydrogens (tertiary/aromatic N) is 4. The van der Waals surface area contributed by atoms with E-state index >= 15 is 0 Å². The Kier molecular flexibility index (Phi) is 8.78. The number of halogens is 1. The molecule has 2 aromatic heterocycles. The third-order valence-corrected chi connectivity index (χ3v) is 7.99. The van der Waals surface area contributed by atoms with Gasteiger partial charge >= 0.3 is 0 Å². The number of carbonyl (C=O) groups excluding carboxylic acids is 1. The Hall–Kier alpha value is -3.02. The second-order valence-corrected chi connectivity index (χ2v) is 10.4. The second-order valence-electron chi connectivity index (χ2n) is 10.4. The lowest BCUT2D eigenvalue weighted by Gasteiger charge is -2.44. The quantitative estimate of drug-likeness (QED) is 0.258. The second kappa shape index (κ2) is 12.0. The number of unbranched alkanes of at least 4 members (excludes halogenated alkanes) is 3. The number of imidazole rings is 1. The van der Waals surface area contributed by atoms with Crippen molar-refractivity contribution in [2.24, 2.45) is 0 Å². The minimum Gasteiger partial charge on any atom is -0.330 e. The van der Waals surface area contributed by atoms with Crippen LogP contribution in [0.4, 0.5) is 4.39 Å². The largest absolute Gasteiger partial charge is 0.330 e. The third kappa shape index (κ3) is 5.21. The van der Waals surface area contributed by atoms with E-state index in [-0.39, 0.29) is 5.82 Å². The Morgan fingerprint density at radius 3 is 2.30 bits per heavy atom. The third-order valence-electron chi connectivity index (χ3n) is 7.99. The molecule has 198 valence electrons. The van der Waals surface area contributed by atoms with Crippen molar-refractivity contribution in [1.82, 2.24) is 19.4 Å². The van der Waals surface area contributed by atoms with Crippen LogP contribution in [0.1, 0.15) is 99.9 Å². The molecule has 37 heavy (non-hydrogen) atoms. The summed E-state index contributed by atoms with van der Waals surface area (Å²) in [7, 11) is 0. The fourth-order valence-electron chi connectivity index (χ4n) is 5.86. The van der Waals surface area contributed by atoms with E-state index in [1.165, 1.54) is 47.4 Å². The summed E-state index contributed by atoms with van der Waals surface area (Å²) in [6.07, 6.45) is 14.7. The first-order valence-electron chi connectivity index (χ1n) is 14.0. The van der Waals surface area contributed by atoms with Gasteiger partial charge in [0.15, 0.2) is 0 Å². The Labute approximate surface area is 221 Å². The van der Waals surface area contributed by atoms with Gasteiger partial charge in [0.1, 0.15) is 23.5 Å². The van der Waals surface area contributed by atoms with E-state index in [0.29, 0.717) is 18.8 Å². The highest BCUT2D eigenvalue weighted by Crippen LogP contribution is 2.43. The van der Waals surface area contributed by atoms with Gasteiger partial charge in [0.2, 0.25) is 6.41 Å². The maximum Gasteiger partial charge on any atom is 0.210 e. The number of aromatic nitrogens is 3. The molecular formula is C31H41FN4O. The van der Waals surface area contributed by atoms with Gasteiger partial charge in [-0.25, -0.2) is 14.4 Å². The molecule has 0 spiro atoms. The Balaban J connectivity index is 1.91. The van der Waals surface area contributed by atoms with Crippen molar-refractivity contribution in [2.45, 2.75) is 97.4 Å². The lowest BCUT2D eigenvalue weighted by Crippen LogP contribution is -2.49. The van der Waals surface area contributed by atoms with Gasteiger partial charge in [0.05, 0.1) is 17.6 Å². The van der Waals surface area contributed by atoms with Gasteiger partial charge in [-0.3, -0.25) is 9.36 Å². The summed E-state index contributed by atoms with van der Waals surface area (Å²) >= 11 is 0. The first-order chi connectivity index (χ1) is 18.0. The highest BCUT2D eigenvalue weighted by Gasteiger charge is 2.44. The Morgan fingerprint density at radius 2 is 1.65 bits per heavy atom. The lowest BCUT2D eigenvalue weighted by molar-refractivity contribution is -0.123. The summed E-state index contributed by atoms with van der Waals surface area (Å²) < 4.78 is 15.5. The van der Waals surface area contributed by atoms with Crippen molar-refractivity contribution in [1.29, 1.82) is 0 Å². The molecular weight excluding hydrogens is 463 g/mol. The first-order valence-corrected chi connectivity index (χ1v) is 14.0. The molecule has 5 nitrogen and oxygen atoms in total. The van der Waals surface area contributed by atoms with Crippen molar-refractivity contribution < 1.29 is 9.18 Å². The average Bonchev–Trinajstić information content (AvgIpc) is 3.35. The molecule has 3 aromatic rings. The molecule has 1 unspecified atom stereocenters. The highest BCUT2D eigenvalue weighted by atomic mass is 19.1. The molecule has 0 aliphatic carbocycles. The van der Waals surface area contributed by atoms with Crippen LogP contribution in [0, 0.1) is 5.82 Å². The topological polar surface area (TPSA) is 51.0 Å². The smallest absolute Gasteiger partial charge is 0.210 e. The molecule has 0 bridgehead atoms. The van der Waals surface area contributed by atoms with Crippen LogP contribution in [0.2, 0.25) is 0 Å². The summed E-state index contributed by atoms with van der Waals surface area (Å²) in [5.41, 5.74) is 6.78. The van der Waals surface area contributed by atoms with Crippen molar-refractivity contribution in [3.63, 3.8) is 0 Å². The van der Waals surface area contributed by atoms with Crippen molar-refractivity contribution in [2.75, 3.05) is 6.54 Å². The van der Waals surface area contributed by atoms with Crippen LogP contribution in [0.25, 0.3) is 5.82 Å². The SMILES string of the molecule is CCCCc1ccc(C2(C)c3ncn(-c4ccc(F)cn4)c3CCN2C=O)c(CCCC)c1CCCC. The minimum atomic E-state index is -0.687. The zero-order chi connectivity index (χ0) is 26.4. The van der Waals surface area contributed by atoms with Crippen LogP contribution < -0.4 is 0 Å². The van der Waals surface area contributed by atoms with E-state index in [0.717, 1.165) is 62.7 Å². The van der Waals surface area contributed by atoms with Crippen molar-refractivity contribution in [3.8, 4) is 5.82 Å². The molecule has 1 amide bonds. The molecule has 0 saturated carbocycles. The van der Waals surface area contributed by atoms with Gasteiger partial charge in [-0.05, 0) is 79.8 Å². The van der Waals surface area contributed by atoms with E-state index < -0.39 is 5.54 Å². The number of benzene rings is 1. The van der Waals surface area contributed by atoms with Gasteiger partial charge in [-0.2, -0.15) is 0 Å². The number of hydrogen-bond acceptors (Lipinski definition) is 3. The molecule has 1 aliphatic rings. The number of pyridine rings is 1. The highest BCUT2D eigenvalue weighted by molar-refractivity contribution is 5.58. The van der Waals surface area contributed by atoms with Crippen molar-refractivity contribution in [3.05, 3.63) is 76.2 Å². The normalized spacial score (nSPS) is 17.2. The fourth-order valence-corrected chi connectivity index (χ4v) is 5.86. The monoisotopic (exact) mass is 504 g/mol. The zero-order valence-corrected chi connectivity index (χ0v) is 22.9. The van der Waals surface area contributed by atoms with Crippen LogP contribution in [0.15, 0.2) is 36.8 Å². The molecule has 4 rings (SSSR count). The number of amides is 1. The molecule has 3 heterocycles. The van der Waals surface area contributed by atoms with E-state index in [9.17, 15) is 9.18 Å². The summed E-state index contributed by atoms with van der Waals surface area (Å²) in [6, 6.07) is 7.68. The van der Waals surface area contributed by atoms with Gasteiger partial charge in [-0.1, -0.05) is 52.2 Å². The molecule has 1 aliphatic heterocycles. The van der Waals surface area contributed by atoms with Crippen LogP contribution in [0.5, 0.6) is 0 Å². The zero-order valence-electron chi connectivity index (χ0n) is 22.9. The fraction of sp³-hybridized carbons (Fsp3) is 0.516. The maximum atomic E-state index is 13.6. The van der Waals surface area contributed by atoms with Crippen LogP contribution >= 0.6 is 0 Å². The van der Waals surface area contributed by atoms with E-state index in [4.69, 9.17) is 4.98 Å². The van der Waals surface area contributed by atoms with Crippen LogP contribution in [-0.2, 0) is 36.0 Å². The van der Waals surface area contributed by atoms with Gasteiger partial charge in [0.25, 0.3) is 0 Å². The van der Waals surface area contributed by atoms with Crippen molar-refractivity contribution >= 4 is 6.41 Å². The molecule has 1 atom stereocenters. The predicted octanol–water partition coefficient (Wildman–Crippen LogP) is 6.71. The summed E-state index contributed by atoms with van der Waals surface area (Å²) in [6.45, 7) is 9.48. The predicted molar refractivity (Wildman–Crippen MR) is 147 cm³/mol. The molecule has 0 radical (unpaired) electrons. The Morgan fingerprint density at radius 1 is 0.946 bits per heavy atom. The van der Waals surface area contributed by atoms with E-state index in [2.05, 4.69) is 44.8 Å². The minimum absolute atomic E-state index is 0.363. The number of aryl methyl sites for hydroxylation is 1. The van der Waals surface area contributed by atoms with Gasteiger partial charge < -0.3 is 4.90 Å². The molecule has 1 aromatic carbocycles. The summed E-state index contributed by atoms with van der Waals surface area (Å²) in [4.78, 5) is 23.6. The van der Waals surface area contributed by atoms with E-state index in [1.807, 2.05) is 9.47 Å². The number of carbonyl (C=O) groups is 1. The number of fused-ring (bicyclic) bond motifs is 1.